The highest BCUT2D eigenvalue weighted by Gasteiger charge is 2.51. The van der Waals surface area contributed by atoms with Crippen LogP contribution in [-0.4, -0.2) is 26.8 Å². The van der Waals surface area contributed by atoms with Gasteiger partial charge in [-0.25, -0.2) is 0 Å². The minimum Gasteiger partial charge on any atom is -0.360 e. The molecule has 0 bridgehead atoms. The van der Waals surface area contributed by atoms with Crippen LogP contribution in [0.3, 0.4) is 0 Å². The average Bonchev–Trinajstić information content (AvgIpc) is 2.85. The maximum atomic E-state index is 6.00. The van der Waals surface area contributed by atoms with Gasteiger partial charge in [-0.15, -0.1) is 44.7 Å². The summed E-state index contributed by atoms with van der Waals surface area (Å²) in [6.45, 7) is 0.884. The number of aromatic nitrogens is 2. The summed E-state index contributed by atoms with van der Waals surface area (Å²) in [4.78, 5) is 1.38. The van der Waals surface area contributed by atoms with Gasteiger partial charge < -0.3 is 5.32 Å². The van der Waals surface area contributed by atoms with Crippen molar-refractivity contribution in [3.05, 3.63) is 22.4 Å². The van der Waals surface area contributed by atoms with Crippen molar-refractivity contribution in [2.24, 2.45) is 5.92 Å². The lowest BCUT2D eigenvalue weighted by Crippen LogP contribution is -2.03. The Balaban J connectivity index is 1.40. The molecule has 3 nitrogen and oxygen atoms in total. The van der Waals surface area contributed by atoms with E-state index in [-0.39, 0.29) is 0 Å². The van der Waals surface area contributed by atoms with Crippen LogP contribution in [0.15, 0.2) is 21.9 Å². The fraction of sp³-hybridized carbons (Fsp3) is 0.500. The molecule has 0 aromatic carbocycles. The normalized spacial score (nSPS) is 20.0. The standard InChI is InChI=1S/C12H13Cl2N3S3/c13-12(14)6-8(12)7-19-11-17-16-10(20-11)15-4-3-9-2-1-5-18-9/h1-2,5,8H,3-4,6-7H2,(H,15,16)/t8-/m0/s1. The van der Waals surface area contributed by atoms with Crippen molar-refractivity contribution in [3.8, 4) is 0 Å². The number of thiophene rings is 1. The van der Waals surface area contributed by atoms with Gasteiger partial charge in [0.1, 0.15) is 4.33 Å². The van der Waals surface area contributed by atoms with Crippen molar-refractivity contribution in [2.75, 3.05) is 17.6 Å². The Morgan fingerprint density at radius 3 is 3.00 bits per heavy atom. The van der Waals surface area contributed by atoms with Gasteiger partial charge in [0, 0.05) is 23.1 Å². The number of nitrogens with zero attached hydrogens (tertiary/aromatic N) is 2. The smallest absolute Gasteiger partial charge is 0.206 e. The van der Waals surface area contributed by atoms with Crippen molar-refractivity contribution < 1.29 is 0 Å². The van der Waals surface area contributed by atoms with E-state index < -0.39 is 4.33 Å². The molecule has 1 atom stereocenters. The van der Waals surface area contributed by atoms with Gasteiger partial charge in [0.2, 0.25) is 5.13 Å². The largest absolute Gasteiger partial charge is 0.360 e. The van der Waals surface area contributed by atoms with E-state index in [0.717, 1.165) is 34.6 Å². The molecule has 2 heterocycles. The molecule has 0 radical (unpaired) electrons. The highest BCUT2D eigenvalue weighted by Crippen LogP contribution is 2.54. The SMILES string of the molecule is ClC1(Cl)C[C@H]1CSc1nnc(NCCc2cccs2)s1. The molecular weight excluding hydrogens is 353 g/mol. The number of thioether (sulfide) groups is 1. The van der Waals surface area contributed by atoms with Gasteiger partial charge in [-0.1, -0.05) is 29.2 Å². The van der Waals surface area contributed by atoms with E-state index in [0.29, 0.717) is 5.92 Å². The number of hydrogen-bond acceptors (Lipinski definition) is 6. The maximum Gasteiger partial charge on any atom is 0.206 e. The monoisotopic (exact) mass is 365 g/mol. The molecule has 1 fully saturated rings. The Hall–Kier alpha value is -0.0100. The summed E-state index contributed by atoms with van der Waals surface area (Å²) in [5.41, 5.74) is 0. The van der Waals surface area contributed by atoms with Crippen LogP contribution in [0.4, 0.5) is 5.13 Å². The topological polar surface area (TPSA) is 37.8 Å². The van der Waals surface area contributed by atoms with Crippen molar-refractivity contribution in [2.45, 2.75) is 21.5 Å². The zero-order chi connectivity index (χ0) is 14.0. The summed E-state index contributed by atoms with van der Waals surface area (Å²) < 4.78 is 0.471. The number of hydrogen-bond donors (Lipinski definition) is 1. The predicted molar refractivity (Wildman–Crippen MR) is 89.7 cm³/mol. The van der Waals surface area contributed by atoms with Crippen molar-refractivity contribution in [1.29, 1.82) is 0 Å². The molecule has 2 aromatic rings. The van der Waals surface area contributed by atoms with Gasteiger partial charge in [0.25, 0.3) is 0 Å². The lowest BCUT2D eigenvalue weighted by molar-refractivity contribution is 0.961. The predicted octanol–water partition coefficient (Wildman–Crippen LogP) is 4.54. The molecule has 1 N–H and O–H groups in total. The number of rotatable bonds is 7. The summed E-state index contributed by atoms with van der Waals surface area (Å²) >= 11 is 17.1. The maximum absolute atomic E-state index is 6.00. The van der Waals surface area contributed by atoms with Crippen molar-refractivity contribution in [3.63, 3.8) is 0 Å². The molecule has 2 aromatic heterocycles. The molecule has 0 aliphatic heterocycles. The third kappa shape index (κ3) is 4.01. The second kappa shape index (κ2) is 6.40. The number of nitrogens with one attached hydrogen (secondary N) is 1. The molecule has 0 unspecified atom stereocenters. The zero-order valence-electron chi connectivity index (χ0n) is 10.5. The van der Waals surface area contributed by atoms with Crippen LogP contribution >= 0.6 is 57.6 Å². The first-order valence-electron chi connectivity index (χ1n) is 6.24. The van der Waals surface area contributed by atoms with E-state index in [2.05, 4.69) is 33.0 Å². The second-order valence-corrected chi connectivity index (χ2v) is 9.42. The lowest BCUT2D eigenvalue weighted by atomic mass is 10.3. The summed E-state index contributed by atoms with van der Waals surface area (Å²) in [6, 6.07) is 4.22. The summed E-state index contributed by atoms with van der Waals surface area (Å²) in [5.74, 6) is 1.30. The van der Waals surface area contributed by atoms with Crippen LogP contribution in [0.5, 0.6) is 0 Å². The van der Waals surface area contributed by atoms with E-state index in [9.17, 15) is 0 Å². The molecule has 1 aliphatic carbocycles. The third-order valence-electron chi connectivity index (χ3n) is 3.00. The Labute approximate surface area is 140 Å². The first-order valence-corrected chi connectivity index (χ1v) is 9.67. The first kappa shape index (κ1) is 14.9. The molecule has 0 spiro atoms. The fourth-order valence-corrected chi connectivity index (χ4v) is 5.15. The third-order valence-corrected chi connectivity index (χ3v) is 7.04. The second-order valence-electron chi connectivity index (χ2n) is 4.60. The van der Waals surface area contributed by atoms with Gasteiger partial charge in [-0.3, -0.25) is 0 Å². The lowest BCUT2D eigenvalue weighted by Gasteiger charge is -1.99. The molecule has 108 valence electrons. The number of alkyl halides is 2. The van der Waals surface area contributed by atoms with Crippen LogP contribution in [-0.2, 0) is 6.42 Å². The Morgan fingerprint density at radius 1 is 1.45 bits per heavy atom. The molecule has 3 rings (SSSR count). The van der Waals surface area contributed by atoms with Gasteiger partial charge in [-0.2, -0.15) is 0 Å². The van der Waals surface area contributed by atoms with Crippen LogP contribution in [0, 0.1) is 5.92 Å². The molecule has 0 amide bonds. The van der Waals surface area contributed by atoms with Gasteiger partial charge >= 0.3 is 0 Å². The molecule has 1 aliphatic rings. The molecule has 8 heteroatoms. The van der Waals surface area contributed by atoms with Gasteiger partial charge in [0.15, 0.2) is 4.34 Å². The molecule has 0 saturated heterocycles. The van der Waals surface area contributed by atoms with Crippen LogP contribution < -0.4 is 5.32 Å². The van der Waals surface area contributed by atoms with Gasteiger partial charge in [0.05, 0.1) is 0 Å². The molecular formula is C12H13Cl2N3S3. The minimum atomic E-state index is -0.501. The zero-order valence-corrected chi connectivity index (χ0v) is 14.5. The fourth-order valence-electron chi connectivity index (χ4n) is 1.71. The highest BCUT2D eigenvalue weighted by molar-refractivity contribution is 8.01. The summed E-state index contributed by atoms with van der Waals surface area (Å²) in [7, 11) is 0. The summed E-state index contributed by atoms with van der Waals surface area (Å²) in [5, 5.41) is 14.6. The van der Waals surface area contributed by atoms with E-state index in [1.807, 2.05) is 0 Å². The van der Waals surface area contributed by atoms with Crippen LogP contribution in [0.25, 0.3) is 0 Å². The van der Waals surface area contributed by atoms with E-state index in [1.165, 1.54) is 4.88 Å². The Morgan fingerprint density at radius 2 is 2.30 bits per heavy atom. The van der Waals surface area contributed by atoms with E-state index in [1.54, 1.807) is 34.4 Å². The van der Waals surface area contributed by atoms with Crippen molar-refractivity contribution in [1.82, 2.24) is 10.2 Å². The highest BCUT2D eigenvalue weighted by atomic mass is 35.5. The molecule has 1 saturated carbocycles. The van der Waals surface area contributed by atoms with E-state index >= 15 is 0 Å². The van der Waals surface area contributed by atoms with Crippen molar-refractivity contribution >= 4 is 62.8 Å². The summed E-state index contributed by atoms with van der Waals surface area (Å²) in [6.07, 6.45) is 1.90. The first-order chi connectivity index (χ1) is 9.63. The van der Waals surface area contributed by atoms with E-state index in [4.69, 9.17) is 23.2 Å². The van der Waals surface area contributed by atoms with Crippen LogP contribution in [0.2, 0.25) is 0 Å². The minimum absolute atomic E-state index is 0.384. The quantitative estimate of drug-likeness (QED) is 0.577. The Kier molecular flexibility index (Phi) is 4.77. The van der Waals surface area contributed by atoms with Gasteiger partial charge in [-0.05, 0) is 24.3 Å². The van der Waals surface area contributed by atoms with Crippen LogP contribution in [0.1, 0.15) is 11.3 Å². The Bertz CT molecular complexity index is 556. The number of halogens is 2. The number of anilines is 1. The molecule has 20 heavy (non-hydrogen) atoms. The average molecular weight is 366 g/mol.